The Labute approximate surface area is 211 Å². The number of anilines is 1. The number of pyridine rings is 1. The number of amides is 1. The summed E-state index contributed by atoms with van der Waals surface area (Å²) in [5, 5.41) is 11.4. The van der Waals surface area contributed by atoms with Crippen molar-refractivity contribution in [2.75, 3.05) is 25.6 Å². The Morgan fingerprint density at radius 1 is 1.08 bits per heavy atom. The lowest BCUT2D eigenvalue weighted by Gasteiger charge is -2.26. The monoisotopic (exact) mass is 485 g/mol. The van der Waals surface area contributed by atoms with Crippen LogP contribution in [0.1, 0.15) is 42.5 Å². The molecule has 2 aromatic carbocycles. The van der Waals surface area contributed by atoms with Gasteiger partial charge < -0.3 is 19.6 Å². The van der Waals surface area contributed by atoms with Crippen molar-refractivity contribution in [2.24, 2.45) is 0 Å². The van der Waals surface area contributed by atoms with E-state index >= 15 is 0 Å². The summed E-state index contributed by atoms with van der Waals surface area (Å²) in [6, 6.07) is 17.5. The van der Waals surface area contributed by atoms with Crippen molar-refractivity contribution >= 4 is 23.1 Å². The molecule has 1 amide bonds. The number of unbranched alkanes of at least 4 members (excludes halogenated alkanes) is 1. The largest absolute Gasteiger partial charge is 0.507 e. The molecule has 1 unspecified atom stereocenters. The van der Waals surface area contributed by atoms with Crippen molar-refractivity contribution in [3.63, 3.8) is 0 Å². The summed E-state index contributed by atoms with van der Waals surface area (Å²) in [4.78, 5) is 34.2. The molecular formula is C29H31N3O4. The maximum Gasteiger partial charge on any atom is 0.295 e. The molecule has 4 rings (SSSR count). The highest BCUT2D eigenvalue weighted by molar-refractivity contribution is 6.46. The van der Waals surface area contributed by atoms with Gasteiger partial charge in [0.05, 0.1) is 18.2 Å². The van der Waals surface area contributed by atoms with Gasteiger partial charge in [-0.2, -0.15) is 0 Å². The van der Waals surface area contributed by atoms with Gasteiger partial charge in [-0.05, 0) is 47.9 Å². The van der Waals surface area contributed by atoms with E-state index in [2.05, 4.69) is 11.9 Å². The van der Waals surface area contributed by atoms with E-state index in [9.17, 15) is 14.7 Å². The summed E-state index contributed by atoms with van der Waals surface area (Å²) in [7, 11) is 3.89. The molecule has 1 saturated heterocycles. The van der Waals surface area contributed by atoms with Crippen LogP contribution in [0.5, 0.6) is 5.75 Å². The van der Waals surface area contributed by atoms with Gasteiger partial charge in [-0.25, -0.2) is 0 Å². The Balaban J connectivity index is 1.79. The van der Waals surface area contributed by atoms with E-state index in [1.807, 2.05) is 55.4 Å². The molecule has 0 spiro atoms. The second kappa shape index (κ2) is 11.1. The topological polar surface area (TPSA) is 83.0 Å². The number of likely N-dealkylation sites (tertiary alicyclic amines) is 1. The highest BCUT2D eigenvalue weighted by Crippen LogP contribution is 2.41. The minimum absolute atomic E-state index is 0.0622. The molecule has 0 bridgehead atoms. The van der Waals surface area contributed by atoms with Gasteiger partial charge in [-0.15, -0.1) is 0 Å². The van der Waals surface area contributed by atoms with E-state index in [0.717, 1.165) is 29.7 Å². The molecular weight excluding hydrogens is 454 g/mol. The van der Waals surface area contributed by atoms with Crippen LogP contribution in [0.15, 0.2) is 78.6 Å². The van der Waals surface area contributed by atoms with E-state index in [0.29, 0.717) is 17.9 Å². The first-order chi connectivity index (χ1) is 17.4. The van der Waals surface area contributed by atoms with Gasteiger partial charge in [0.2, 0.25) is 0 Å². The summed E-state index contributed by atoms with van der Waals surface area (Å²) in [5.41, 5.74) is 3.01. The summed E-state index contributed by atoms with van der Waals surface area (Å²) in [6.07, 6.45) is 5.25. The Morgan fingerprint density at radius 2 is 1.86 bits per heavy atom. The van der Waals surface area contributed by atoms with Gasteiger partial charge >= 0.3 is 0 Å². The molecule has 36 heavy (non-hydrogen) atoms. The predicted octanol–water partition coefficient (Wildman–Crippen LogP) is 4.95. The molecule has 186 valence electrons. The lowest BCUT2D eigenvalue weighted by atomic mass is 9.95. The fourth-order valence-corrected chi connectivity index (χ4v) is 4.26. The molecule has 1 aliphatic heterocycles. The lowest BCUT2D eigenvalue weighted by Crippen LogP contribution is -2.29. The standard InChI is InChI=1S/C29H31N3O4/c1-4-5-16-36-24-10-6-9-22(17-24)27(33)25-26(21-11-13-23(14-12-21)31(2)3)32(29(35)28(25)34)19-20-8-7-15-30-18-20/h6-15,17-18,26,33H,4-5,16,19H2,1-3H3/b27-25+. The number of aliphatic hydroxyl groups excluding tert-OH is 1. The number of benzene rings is 2. The second-order valence-corrected chi connectivity index (χ2v) is 9.00. The first-order valence-electron chi connectivity index (χ1n) is 12.1. The van der Waals surface area contributed by atoms with E-state index in [1.165, 1.54) is 4.90 Å². The van der Waals surface area contributed by atoms with Crippen LogP contribution < -0.4 is 9.64 Å². The molecule has 0 radical (unpaired) electrons. The van der Waals surface area contributed by atoms with E-state index in [4.69, 9.17) is 4.74 Å². The molecule has 1 fully saturated rings. The molecule has 1 N–H and O–H groups in total. The van der Waals surface area contributed by atoms with Gasteiger partial charge in [0, 0.05) is 44.3 Å². The predicted molar refractivity (Wildman–Crippen MR) is 140 cm³/mol. The van der Waals surface area contributed by atoms with Crippen molar-refractivity contribution in [2.45, 2.75) is 32.4 Å². The number of aromatic nitrogens is 1. The zero-order valence-corrected chi connectivity index (χ0v) is 20.8. The van der Waals surface area contributed by atoms with Crippen LogP contribution >= 0.6 is 0 Å². The molecule has 0 aliphatic carbocycles. The van der Waals surface area contributed by atoms with Crippen LogP contribution in [0.2, 0.25) is 0 Å². The number of carbonyl (C=O) groups excluding carboxylic acids is 2. The number of hydrogen-bond acceptors (Lipinski definition) is 6. The minimum Gasteiger partial charge on any atom is -0.507 e. The molecule has 0 saturated carbocycles. The third kappa shape index (κ3) is 5.25. The van der Waals surface area contributed by atoms with E-state index in [1.54, 1.807) is 36.7 Å². The number of ketones is 1. The van der Waals surface area contributed by atoms with Gasteiger partial charge in [-0.1, -0.05) is 43.7 Å². The number of nitrogens with zero attached hydrogens (tertiary/aromatic N) is 3. The number of ether oxygens (including phenoxy) is 1. The van der Waals surface area contributed by atoms with Crippen molar-refractivity contribution in [1.82, 2.24) is 9.88 Å². The number of rotatable bonds is 9. The van der Waals surface area contributed by atoms with Gasteiger partial charge in [0.15, 0.2) is 0 Å². The van der Waals surface area contributed by atoms with Crippen LogP contribution in [-0.2, 0) is 16.1 Å². The first-order valence-corrected chi connectivity index (χ1v) is 12.1. The fraction of sp³-hybridized carbons (Fsp3) is 0.276. The molecule has 7 nitrogen and oxygen atoms in total. The first kappa shape index (κ1) is 25.0. The van der Waals surface area contributed by atoms with Crippen molar-refractivity contribution in [3.8, 4) is 5.75 Å². The molecule has 3 aromatic rings. The molecule has 2 heterocycles. The molecule has 1 aromatic heterocycles. The van der Waals surface area contributed by atoms with Crippen molar-refractivity contribution < 1.29 is 19.4 Å². The second-order valence-electron chi connectivity index (χ2n) is 9.00. The van der Waals surface area contributed by atoms with Gasteiger partial charge in [-0.3, -0.25) is 14.6 Å². The Kier molecular flexibility index (Phi) is 7.68. The summed E-state index contributed by atoms with van der Waals surface area (Å²) < 4.78 is 5.79. The van der Waals surface area contributed by atoms with Crippen LogP contribution in [-0.4, -0.2) is 47.4 Å². The molecule has 1 aliphatic rings. The third-order valence-corrected chi connectivity index (χ3v) is 6.21. The van der Waals surface area contributed by atoms with Gasteiger partial charge in [0.25, 0.3) is 11.7 Å². The summed E-state index contributed by atoms with van der Waals surface area (Å²) in [6.45, 7) is 2.84. The Hall–Kier alpha value is -4.13. The zero-order valence-electron chi connectivity index (χ0n) is 20.8. The number of Topliss-reactive ketones (excluding diaryl/α,β-unsaturated/α-hetero) is 1. The average Bonchev–Trinajstić information content (AvgIpc) is 3.14. The van der Waals surface area contributed by atoms with Crippen molar-refractivity contribution in [1.29, 1.82) is 0 Å². The van der Waals surface area contributed by atoms with Gasteiger partial charge in [0.1, 0.15) is 11.5 Å². The maximum atomic E-state index is 13.3. The Morgan fingerprint density at radius 3 is 2.53 bits per heavy atom. The minimum atomic E-state index is -0.744. The summed E-state index contributed by atoms with van der Waals surface area (Å²) >= 11 is 0. The number of carbonyl (C=O) groups is 2. The normalized spacial score (nSPS) is 16.9. The maximum absolute atomic E-state index is 13.3. The third-order valence-electron chi connectivity index (χ3n) is 6.21. The highest BCUT2D eigenvalue weighted by atomic mass is 16.5. The number of hydrogen-bond donors (Lipinski definition) is 1. The van der Waals surface area contributed by atoms with Crippen LogP contribution in [0.4, 0.5) is 5.69 Å². The zero-order chi connectivity index (χ0) is 25.7. The average molecular weight is 486 g/mol. The Bertz CT molecular complexity index is 1250. The van der Waals surface area contributed by atoms with E-state index < -0.39 is 17.7 Å². The molecule has 1 atom stereocenters. The smallest absolute Gasteiger partial charge is 0.295 e. The SMILES string of the molecule is CCCCOc1cccc(/C(O)=C2\C(=O)C(=O)N(Cc3cccnc3)C2c2ccc(N(C)C)cc2)c1. The quantitative estimate of drug-likeness (QED) is 0.200. The van der Waals surface area contributed by atoms with Crippen molar-refractivity contribution in [3.05, 3.63) is 95.3 Å². The highest BCUT2D eigenvalue weighted by Gasteiger charge is 2.46. The van der Waals surface area contributed by atoms with Crippen LogP contribution in [0.25, 0.3) is 5.76 Å². The van der Waals surface area contributed by atoms with E-state index in [-0.39, 0.29) is 17.9 Å². The van der Waals surface area contributed by atoms with Crippen LogP contribution in [0.3, 0.4) is 0 Å². The summed E-state index contributed by atoms with van der Waals surface area (Å²) in [5.74, 6) is -0.985. The fourth-order valence-electron chi connectivity index (χ4n) is 4.26. The molecule has 7 heteroatoms. The lowest BCUT2D eigenvalue weighted by molar-refractivity contribution is -0.140. The number of aliphatic hydroxyl groups is 1. The van der Waals surface area contributed by atoms with Crippen LogP contribution in [0, 0.1) is 0 Å².